The van der Waals surface area contributed by atoms with Crippen LogP contribution in [-0.2, 0) is 4.43 Å². The fourth-order valence-corrected chi connectivity index (χ4v) is 8.12. The average molecular weight is 597 g/mol. The molecule has 0 aliphatic rings. The summed E-state index contributed by atoms with van der Waals surface area (Å²) in [6.45, 7) is 0. The number of halogens is 1. The molecule has 0 saturated heterocycles. The van der Waals surface area contributed by atoms with Gasteiger partial charge in [-0.1, -0.05) is 145 Å². The van der Waals surface area contributed by atoms with Gasteiger partial charge in [-0.05, 0) is 34.2 Å². The standard InChI is InChI=1S/C36H29ClN4OSi/c37-43(29-19-9-3-10-20-29,30-21-11-4-12-22-30)42-36(38)41-40-33(27-15-5-1-6-16-27)26-25-32-31-23-13-14-24-34(31)39-35(32)28-17-7-2-8-18-28/h1-26,39H,(H2,38,41)/b26-25+,40-33-. The predicted octanol–water partition coefficient (Wildman–Crippen LogP) is 7.08. The highest BCUT2D eigenvalue weighted by Gasteiger charge is 2.41. The minimum Gasteiger partial charge on any atom is -0.495 e. The zero-order chi connectivity index (χ0) is 29.5. The fourth-order valence-electron chi connectivity index (χ4n) is 4.98. The first-order valence-corrected chi connectivity index (χ1v) is 16.8. The summed E-state index contributed by atoms with van der Waals surface area (Å²) in [5, 5.41) is 11.7. The van der Waals surface area contributed by atoms with Gasteiger partial charge in [-0.2, -0.15) is 0 Å². The van der Waals surface area contributed by atoms with E-state index >= 15 is 0 Å². The summed E-state index contributed by atoms with van der Waals surface area (Å²) in [7, 11) is -3.23. The number of nitrogens with zero attached hydrogens (tertiary/aromatic N) is 2. The Bertz CT molecular complexity index is 1870. The van der Waals surface area contributed by atoms with Crippen LogP contribution in [0.4, 0.5) is 0 Å². The third-order valence-electron chi connectivity index (χ3n) is 7.08. The molecule has 43 heavy (non-hydrogen) atoms. The molecular weight excluding hydrogens is 568 g/mol. The van der Waals surface area contributed by atoms with Crippen LogP contribution in [0.3, 0.4) is 0 Å². The van der Waals surface area contributed by atoms with E-state index < -0.39 is 7.63 Å². The van der Waals surface area contributed by atoms with Gasteiger partial charge < -0.3 is 15.1 Å². The Morgan fingerprint density at radius 2 is 1.21 bits per heavy atom. The van der Waals surface area contributed by atoms with Crippen molar-refractivity contribution in [2.24, 2.45) is 15.9 Å². The highest BCUT2D eigenvalue weighted by atomic mass is 35.6. The molecule has 0 atom stereocenters. The first-order valence-electron chi connectivity index (χ1n) is 13.9. The van der Waals surface area contributed by atoms with Crippen LogP contribution in [0.15, 0.2) is 162 Å². The lowest BCUT2D eigenvalue weighted by Gasteiger charge is -2.25. The Morgan fingerprint density at radius 3 is 1.84 bits per heavy atom. The van der Waals surface area contributed by atoms with Crippen LogP contribution in [0, 0.1) is 0 Å². The molecule has 0 radical (unpaired) electrons. The summed E-state index contributed by atoms with van der Waals surface area (Å²) in [5.74, 6) is 0. The second kappa shape index (κ2) is 12.8. The van der Waals surface area contributed by atoms with Gasteiger partial charge >= 0.3 is 7.63 Å². The van der Waals surface area contributed by atoms with E-state index in [4.69, 9.17) is 21.2 Å². The van der Waals surface area contributed by atoms with Crippen molar-refractivity contribution in [3.63, 3.8) is 0 Å². The van der Waals surface area contributed by atoms with E-state index in [9.17, 15) is 0 Å². The third kappa shape index (κ3) is 6.21. The molecule has 0 unspecified atom stereocenters. The minimum atomic E-state index is -3.23. The molecule has 7 heteroatoms. The first kappa shape index (κ1) is 28.0. The number of benzene rings is 5. The van der Waals surface area contributed by atoms with Crippen molar-refractivity contribution in [1.29, 1.82) is 0 Å². The fraction of sp³-hybridized carbons (Fsp3) is 0. The van der Waals surface area contributed by atoms with Crippen molar-refractivity contribution in [3.8, 4) is 11.3 Å². The lowest BCUT2D eigenvalue weighted by atomic mass is 10.0. The molecule has 0 fully saturated rings. The van der Waals surface area contributed by atoms with E-state index in [1.54, 1.807) is 0 Å². The first-order chi connectivity index (χ1) is 21.1. The predicted molar refractivity (Wildman–Crippen MR) is 182 cm³/mol. The highest BCUT2D eigenvalue weighted by molar-refractivity contribution is 7.31. The summed E-state index contributed by atoms with van der Waals surface area (Å²) in [5.41, 5.74) is 12.1. The van der Waals surface area contributed by atoms with Crippen LogP contribution in [0.2, 0.25) is 0 Å². The topological polar surface area (TPSA) is 75.8 Å². The van der Waals surface area contributed by atoms with Gasteiger partial charge in [0.2, 0.25) is 0 Å². The summed E-state index contributed by atoms with van der Waals surface area (Å²) < 4.78 is 6.28. The van der Waals surface area contributed by atoms with Gasteiger partial charge in [-0.25, -0.2) is 0 Å². The van der Waals surface area contributed by atoms with Crippen LogP contribution in [-0.4, -0.2) is 24.3 Å². The molecule has 3 N–H and O–H groups in total. The second-order valence-corrected chi connectivity index (χ2v) is 14.0. The van der Waals surface area contributed by atoms with Crippen LogP contribution >= 0.6 is 11.1 Å². The summed E-state index contributed by atoms with van der Waals surface area (Å²) in [6, 6.07) is 47.7. The molecule has 1 aromatic heterocycles. The number of rotatable bonds is 8. The van der Waals surface area contributed by atoms with Crippen LogP contribution in [0.5, 0.6) is 0 Å². The zero-order valence-corrected chi connectivity index (χ0v) is 25.0. The molecule has 0 aliphatic heterocycles. The Labute approximate surface area is 256 Å². The van der Waals surface area contributed by atoms with Crippen molar-refractivity contribution in [2.45, 2.75) is 0 Å². The summed E-state index contributed by atoms with van der Waals surface area (Å²) in [6.07, 6.45) is 4.02. The Balaban J connectivity index is 1.39. The number of fused-ring (bicyclic) bond motifs is 1. The molecule has 6 rings (SSSR count). The number of para-hydroxylation sites is 1. The number of hydrogen-bond acceptors (Lipinski definition) is 3. The Kier molecular flexibility index (Phi) is 8.31. The SMILES string of the molecule is N\C(=N/N=C(/C=C/c1c(-c2ccccc2)[nH]c2ccccc12)c1ccccc1)O[Si](Cl)(c1ccccc1)c1ccccc1. The van der Waals surface area contributed by atoms with Crippen molar-refractivity contribution in [1.82, 2.24) is 4.98 Å². The van der Waals surface area contributed by atoms with Gasteiger partial charge in [0.15, 0.2) is 0 Å². The molecule has 6 aromatic rings. The van der Waals surface area contributed by atoms with E-state index in [-0.39, 0.29) is 6.02 Å². The normalized spacial score (nSPS) is 12.6. The second-order valence-electron chi connectivity index (χ2n) is 9.88. The number of nitrogens with two attached hydrogens (primary N) is 1. The number of aromatic nitrogens is 1. The monoisotopic (exact) mass is 596 g/mol. The summed E-state index contributed by atoms with van der Waals surface area (Å²) in [4.78, 5) is 3.58. The number of amidine groups is 1. The van der Waals surface area contributed by atoms with Gasteiger partial charge in [0.1, 0.15) is 0 Å². The minimum absolute atomic E-state index is 0.103. The molecule has 5 aromatic carbocycles. The molecule has 5 nitrogen and oxygen atoms in total. The number of allylic oxidation sites excluding steroid dienone is 1. The van der Waals surface area contributed by atoms with E-state index in [0.29, 0.717) is 5.71 Å². The maximum absolute atomic E-state index is 7.27. The maximum atomic E-state index is 7.27. The van der Waals surface area contributed by atoms with Gasteiger partial charge in [0.05, 0.1) is 11.4 Å². The van der Waals surface area contributed by atoms with Crippen molar-refractivity contribution in [3.05, 3.63) is 163 Å². The van der Waals surface area contributed by atoms with Gasteiger partial charge in [-0.3, -0.25) is 0 Å². The third-order valence-corrected chi connectivity index (χ3v) is 11.3. The van der Waals surface area contributed by atoms with E-state index in [0.717, 1.165) is 43.7 Å². The Hall–Kier alpha value is -5.17. The summed E-state index contributed by atoms with van der Waals surface area (Å²) >= 11 is 7.27. The van der Waals surface area contributed by atoms with Gasteiger partial charge in [0, 0.05) is 22.0 Å². The molecule has 210 valence electrons. The number of H-pyrrole nitrogens is 1. The van der Waals surface area contributed by atoms with Crippen molar-refractivity contribution >= 4 is 57.8 Å². The molecule has 0 bridgehead atoms. The molecular formula is C36H29ClN4OSi. The van der Waals surface area contributed by atoms with Crippen LogP contribution < -0.4 is 16.1 Å². The van der Waals surface area contributed by atoms with Crippen LogP contribution in [0.1, 0.15) is 11.1 Å². The molecule has 0 aliphatic carbocycles. The molecule has 0 amide bonds. The van der Waals surface area contributed by atoms with E-state index in [2.05, 4.69) is 45.5 Å². The molecule has 0 spiro atoms. The number of aromatic amines is 1. The average Bonchev–Trinajstić information content (AvgIpc) is 3.45. The van der Waals surface area contributed by atoms with E-state index in [1.807, 2.05) is 127 Å². The lowest BCUT2D eigenvalue weighted by molar-refractivity contribution is 0.566. The highest BCUT2D eigenvalue weighted by Crippen LogP contribution is 2.31. The Morgan fingerprint density at radius 1 is 0.674 bits per heavy atom. The molecule has 0 saturated carbocycles. The van der Waals surface area contributed by atoms with Crippen molar-refractivity contribution in [2.75, 3.05) is 0 Å². The lowest BCUT2D eigenvalue weighted by Crippen LogP contribution is -2.58. The zero-order valence-electron chi connectivity index (χ0n) is 23.3. The quantitative estimate of drug-likeness (QED) is 0.0648. The van der Waals surface area contributed by atoms with E-state index in [1.165, 1.54) is 0 Å². The smallest absolute Gasteiger partial charge is 0.416 e. The number of hydrogen-bond donors (Lipinski definition) is 2. The number of nitrogens with one attached hydrogen (secondary N) is 1. The van der Waals surface area contributed by atoms with Gasteiger partial charge in [0.25, 0.3) is 6.02 Å². The molecule has 1 heterocycles. The maximum Gasteiger partial charge on any atom is 0.416 e. The largest absolute Gasteiger partial charge is 0.495 e. The van der Waals surface area contributed by atoms with Crippen LogP contribution in [0.25, 0.3) is 28.2 Å². The van der Waals surface area contributed by atoms with Gasteiger partial charge in [-0.15, -0.1) is 16.2 Å². The van der Waals surface area contributed by atoms with Crippen molar-refractivity contribution < 1.29 is 4.43 Å².